The van der Waals surface area contributed by atoms with Gasteiger partial charge in [-0.1, -0.05) is 36.9 Å². The van der Waals surface area contributed by atoms with Crippen molar-refractivity contribution in [1.82, 2.24) is 9.62 Å². The van der Waals surface area contributed by atoms with Gasteiger partial charge in [-0.15, -0.1) is 0 Å². The van der Waals surface area contributed by atoms with Gasteiger partial charge < -0.3 is 5.32 Å². The second-order valence-corrected chi connectivity index (χ2v) is 10.4. The van der Waals surface area contributed by atoms with Crippen LogP contribution < -0.4 is 5.32 Å². The van der Waals surface area contributed by atoms with Crippen molar-refractivity contribution < 1.29 is 13.2 Å². The fraction of sp³-hybridized carbons (Fsp3) is 0.600. The molecule has 2 aliphatic heterocycles. The lowest BCUT2D eigenvalue weighted by molar-refractivity contribution is -0.124. The molecule has 1 aromatic rings. The SMILES string of the molecule is O=C1NC(C2CCCCC2)=NC12CCCN(S(=O)(=O)c1cccc(Cl)c1)CC2. The van der Waals surface area contributed by atoms with Crippen LogP contribution in [0.5, 0.6) is 0 Å². The highest BCUT2D eigenvalue weighted by Crippen LogP contribution is 2.35. The molecule has 152 valence electrons. The third-order valence-corrected chi connectivity index (χ3v) is 8.33. The molecule has 1 aromatic carbocycles. The van der Waals surface area contributed by atoms with Crippen LogP contribution in [0.4, 0.5) is 0 Å². The molecule has 8 heteroatoms. The van der Waals surface area contributed by atoms with Crippen LogP contribution in [0.15, 0.2) is 34.2 Å². The molecule has 1 N–H and O–H groups in total. The first-order valence-electron chi connectivity index (χ1n) is 10.1. The molecule has 1 saturated carbocycles. The van der Waals surface area contributed by atoms with Crippen molar-refractivity contribution in [1.29, 1.82) is 0 Å². The molecule has 0 aromatic heterocycles. The molecule has 3 aliphatic rings. The number of rotatable bonds is 3. The summed E-state index contributed by atoms with van der Waals surface area (Å²) in [7, 11) is -3.64. The van der Waals surface area contributed by atoms with Gasteiger partial charge in [-0.05, 0) is 50.3 Å². The minimum Gasteiger partial charge on any atom is -0.312 e. The number of amides is 1. The number of hydrogen-bond acceptors (Lipinski definition) is 4. The number of carbonyl (C=O) groups excluding carboxylic acids is 1. The first-order valence-corrected chi connectivity index (χ1v) is 11.9. The number of nitrogens with zero attached hydrogens (tertiary/aromatic N) is 2. The van der Waals surface area contributed by atoms with Crippen molar-refractivity contribution in [2.45, 2.75) is 61.8 Å². The lowest BCUT2D eigenvalue weighted by Crippen LogP contribution is -2.41. The van der Waals surface area contributed by atoms with Crippen LogP contribution in [-0.2, 0) is 14.8 Å². The van der Waals surface area contributed by atoms with E-state index < -0.39 is 15.6 Å². The number of benzene rings is 1. The molecule has 4 rings (SSSR count). The molecular weight excluding hydrogens is 398 g/mol. The van der Waals surface area contributed by atoms with Crippen LogP contribution >= 0.6 is 11.6 Å². The predicted molar refractivity (Wildman–Crippen MR) is 109 cm³/mol. The molecule has 2 fully saturated rings. The normalized spacial score (nSPS) is 27.5. The van der Waals surface area contributed by atoms with Gasteiger partial charge in [-0.2, -0.15) is 4.31 Å². The molecule has 0 radical (unpaired) electrons. The van der Waals surface area contributed by atoms with Gasteiger partial charge in [0.05, 0.1) is 4.90 Å². The minimum absolute atomic E-state index is 0.0601. The van der Waals surface area contributed by atoms with Crippen LogP contribution in [0.25, 0.3) is 0 Å². The molecule has 6 nitrogen and oxygen atoms in total. The number of carbonyl (C=O) groups is 1. The van der Waals surface area contributed by atoms with Crippen molar-refractivity contribution in [3.8, 4) is 0 Å². The number of hydrogen-bond donors (Lipinski definition) is 1. The summed E-state index contributed by atoms with van der Waals surface area (Å²) < 4.78 is 27.5. The zero-order valence-corrected chi connectivity index (χ0v) is 17.4. The zero-order valence-electron chi connectivity index (χ0n) is 15.9. The molecule has 1 amide bonds. The number of sulfonamides is 1. The molecule has 28 heavy (non-hydrogen) atoms. The first-order chi connectivity index (χ1) is 13.4. The summed E-state index contributed by atoms with van der Waals surface area (Å²) in [6, 6.07) is 6.32. The van der Waals surface area contributed by atoms with Crippen LogP contribution in [0.2, 0.25) is 5.02 Å². The van der Waals surface area contributed by atoms with Gasteiger partial charge in [0.15, 0.2) is 0 Å². The maximum Gasteiger partial charge on any atom is 0.253 e. The molecule has 1 atom stereocenters. The standard InChI is InChI=1S/C20H26ClN3O3S/c21-16-8-4-9-17(14-16)28(26,27)24-12-5-10-20(11-13-24)19(25)22-18(23-20)15-6-2-1-3-7-15/h4,8-9,14-15H,1-3,5-7,10-13H2,(H,22,23,25). The van der Waals surface area contributed by atoms with Crippen molar-refractivity contribution in [2.24, 2.45) is 10.9 Å². The zero-order chi connectivity index (χ0) is 19.8. The maximum atomic E-state index is 13.0. The molecule has 1 unspecified atom stereocenters. The Morgan fingerprint density at radius 1 is 1.11 bits per heavy atom. The third-order valence-electron chi connectivity index (χ3n) is 6.20. The topological polar surface area (TPSA) is 78.8 Å². The highest BCUT2D eigenvalue weighted by atomic mass is 35.5. The largest absolute Gasteiger partial charge is 0.312 e. The Labute approximate surface area is 171 Å². The van der Waals surface area contributed by atoms with Gasteiger partial charge in [-0.25, -0.2) is 8.42 Å². The summed E-state index contributed by atoms with van der Waals surface area (Å²) in [5.74, 6) is 1.11. The minimum atomic E-state index is -3.64. The fourth-order valence-corrected chi connectivity index (χ4v) is 6.34. The van der Waals surface area contributed by atoms with Gasteiger partial charge in [0.2, 0.25) is 10.0 Å². The highest BCUT2D eigenvalue weighted by Gasteiger charge is 2.46. The van der Waals surface area contributed by atoms with Gasteiger partial charge >= 0.3 is 0 Å². The fourth-order valence-electron chi connectivity index (χ4n) is 4.56. The van der Waals surface area contributed by atoms with E-state index in [0.717, 1.165) is 18.7 Å². The Bertz CT molecular complexity index is 896. The first kappa shape index (κ1) is 19.9. The average molecular weight is 424 g/mol. The van der Waals surface area contributed by atoms with Gasteiger partial charge in [0, 0.05) is 24.0 Å². The number of halogens is 1. The monoisotopic (exact) mass is 423 g/mol. The van der Waals surface area contributed by atoms with E-state index in [9.17, 15) is 13.2 Å². The Morgan fingerprint density at radius 3 is 2.64 bits per heavy atom. The van der Waals surface area contributed by atoms with Crippen molar-refractivity contribution in [3.05, 3.63) is 29.3 Å². The van der Waals surface area contributed by atoms with Crippen LogP contribution in [0.3, 0.4) is 0 Å². The van der Waals surface area contributed by atoms with Crippen molar-refractivity contribution in [2.75, 3.05) is 13.1 Å². The Kier molecular flexibility index (Phi) is 5.51. The number of aliphatic imine (C=N–C) groups is 1. The van der Waals surface area contributed by atoms with E-state index >= 15 is 0 Å². The van der Waals surface area contributed by atoms with Crippen LogP contribution in [0.1, 0.15) is 51.4 Å². The molecular formula is C20H26ClN3O3S. The quantitative estimate of drug-likeness (QED) is 0.809. The Morgan fingerprint density at radius 2 is 1.89 bits per heavy atom. The lowest BCUT2D eigenvalue weighted by Gasteiger charge is -2.22. The third kappa shape index (κ3) is 3.72. The van der Waals surface area contributed by atoms with E-state index in [-0.39, 0.29) is 17.3 Å². The molecule has 1 aliphatic carbocycles. The van der Waals surface area contributed by atoms with E-state index in [0.29, 0.717) is 36.7 Å². The van der Waals surface area contributed by atoms with E-state index in [1.807, 2.05) is 0 Å². The number of amidine groups is 1. The highest BCUT2D eigenvalue weighted by molar-refractivity contribution is 7.89. The van der Waals surface area contributed by atoms with E-state index in [4.69, 9.17) is 16.6 Å². The lowest BCUT2D eigenvalue weighted by atomic mass is 9.88. The van der Waals surface area contributed by atoms with Crippen LogP contribution in [-0.4, -0.2) is 43.1 Å². The second-order valence-electron chi connectivity index (χ2n) is 8.03. The summed E-state index contributed by atoms with van der Waals surface area (Å²) in [6.07, 6.45) is 7.35. The summed E-state index contributed by atoms with van der Waals surface area (Å²) in [5.41, 5.74) is -0.814. The summed E-state index contributed by atoms with van der Waals surface area (Å²) in [6.45, 7) is 0.669. The second kappa shape index (κ2) is 7.76. The maximum absolute atomic E-state index is 13.0. The molecule has 0 bridgehead atoms. The Balaban J connectivity index is 1.53. The molecule has 2 heterocycles. The van der Waals surface area contributed by atoms with Gasteiger partial charge in [-0.3, -0.25) is 9.79 Å². The van der Waals surface area contributed by atoms with E-state index in [2.05, 4.69) is 5.32 Å². The Hall–Kier alpha value is -1.44. The van der Waals surface area contributed by atoms with E-state index in [1.54, 1.807) is 18.2 Å². The summed E-state index contributed by atoms with van der Waals surface area (Å²) >= 11 is 5.98. The number of nitrogens with one attached hydrogen (secondary N) is 1. The van der Waals surface area contributed by atoms with E-state index in [1.165, 1.54) is 29.6 Å². The molecule has 1 spiro atoms. The average Bonchev–Trinajstić information content (AvgIpc) is 2.87. The summed E-state index contributed by atoms with van der Waals surface area (Å²) in [5, 5.41) is 3.42. The van der Waals surface area contributed by atoms with Crippen molar-refractivity contribution >= 4 is 33.4 Å². The molecule has 1 saturated heterocycles. The smallest absolute Gasteiger partial charge is 0.253 e. The predicted octanol–water partition coefficient (Wildman–Crippen LogP) is 3.36. The van der Waals surface area contributed by atoms with Gasteiger partial charge in [0.25, 0.3) is 5.91 Å². The van der Waals surface area contributed by atoms with Crippen molar-refractivity contribution in [3.63, 3.8) is 0 Å². The summed E-state index contributed by atoms with van der Waals surface area (Å²) in [4.78, 5) is 17.9. The van der Waals surface area contributed by atoms with Gasteiger partial charge in [0.1, 0.15) is 11.4 Å². The van der Waals surface area contributed by atoms with Crippen LogP contribution in [0, 0.1) is 5.92 Å².